The minimum atomic E-state index is -0.996. The fraction of sp³-hybridized carbons (Fsp3) is 0.833. The van der Waals surface area contributed by atoms with E-state index in [0.717, 1.165) is 19.3 Å². The van der Waals surface area contributed by atoms with Gasteiger partial charge in [0.25, 0.3) is 0 Å². The number of hydrogen-bond donors (Lipinski definition) is 2. The van der Waals surface area contributed by atoms with Gasteiger partial charge in [-0.1, -0.05) is 26.0 Å². The van der Waals surface area contributed by atoms with Crippen molar-refractivity contribution in [3.05, 3.63) is 12.2 Å². The van der Waals surface area contributed by atoms with Gasteiger partial charge in [0, 0.05) is 5.41 Å². The second-order valence-corrected chi connectivity index (χ2v) is 10.9. The van der Waals surface area contributed by atoms with Crippen LogP contribution in [0.1, 0.15) is 78.1 Å². The molecular formula is C24H36O5. The summed E-state index contributed by atoms with van der Waals surface area (Å²) in [5.41, 5.74) is 1.53. The zero-order chi connectivity index (χ0) is 21.0. The topological polar surface area (TPSA) is 83.8 Å². The van der Waals surface area contributed by atoms with Gasteiger partial charge in [-0.3, -0.25) is 9.59 Å². The van der Waals surface area contributed by atoms with E-state index in [2.05, 4.69) is 20.4 Å². The summed E-state index contributed by atoms with van der Waals surface area (Å²) >= 11 is 0. The number of esters is 1. The van der Waals surface area contributed by atoms with Crippen LogP contribution in [0.25, 0.3) is 0 Å². The van der Waals surface area contributed by atoms with Gasteiger partial charge in [0.15, 0.2) is 0 Å². The fourth-order valence-electron chi connectivity index (χ4n) is 8.10. The molecule has 0 aromatic rings. The van der Waals surface area contributed by atoms with E-state index in [1.807, 2.05) is 0 Å². The first kappa shape index (κ1) is 20.9. The van der Waals surface area contributed by atoms with Crippen LogP contribution in [0.2, 0.25) is 0 Å². The lowest BCUT2D eigenvalue weighted by Crippen LogP contribution is -2.61. The van der Waals surface area contributed by atoms with E-state index in [1.54, 1.807) is 0 Å². The highest BCUT2D eigenvalue weighted by atomic mass is 16.5. The number of hydrogen-bond acceptors (Lipinski definition) is 4. The molecule has 1 unspecified atom stereocenters. The third-order valence-electron chi connectivity index (χ3n) is 9.48. The number of fused-ring (bicyclic) bond motifs is 3. The van der Waals surface area contributed by atoms with E-state index in [9.17, 15) is 14.7 Å². The highest BCUT2D eigenvalue weighted by Crippen LogP contribution is 2.72. The molecule has 0 aromatic heterocycles. The van der Waals surface area contributed by atoms with Crippen LogP contribution in [0.15, 0.2) is 12.2 Å². The highest BCUT2D eigenvalue weighted by Gasteiger charge is 2.65. The summed E-state index contributed by atoms with van der Waals surface area (Å²) in [5, 5.41) is 19.8. The number of carboxylic acid groups (broad SMARTS) is 1. The van der Waals surface area contributed by atoms with Crippen molar-refractivity contribution >= 4 is 11.9 Å². The van der Waals surface area contributed by atoms with Crippen LogP contribution in [0.5, 0.6) is 0 Å². The molecule has 0 aliphatic heterocycles. The van der Waals surface area contributed by atoms with Gasteiger partial charge in [-0.05, 0) is 80.0 Å². The Kier molecular flexibility index (Phi) is 5.12. The molecule has 162 valence electrons. The monoisotopic (exact) mass is 404 g/mol. The molecule has 7 atom stereocenters. The lowest BCUT2D eigenvalue weighted by Gasteiger charge is -2.65. The predicted octanol–water partition coefficient (Wildman–Crippen LogP) is 4.33. The molecular weight excluding hydrogens is 368 g/mol. The molecule has 0 radical (unpaired) electrons. The Morgan fingerprint density at radius 2 is 1.86 bits per heavy atom. The maximum Gasteiger partial charge on any atom is 0.306 e. The Morgan fingerprint density at radius 3 is 2.59 bits per heavy atom. The van der Waals surface area contributed by atoms with Crippen LogP contribution >= 0.6 is 0 Å². The molecule has 0 amide bonds. The molecule has 4 fully saturated rings. The van der Waals surface area contributed by atoms with Gasteiger partial charge in [-0.15, -0.1) is 0 Å². The van der Waals surface area contributed by atoms with Crippen molar-refractivity contribution in [1.82, 2.24) is 0 Å². The van der Waals surface area contributed by atoms with Crippen molar-refractivity contribution in [3.8, 4) is 0 Å². The summed E-state index contributed by atoms with van der Waals surface area (Å²) in [7, 11) is 0. The van der Waals surface area contributed by atoms with E-state index in [1.165, 1.54) is 37.7 Å². The van der Waals surface area contributed by atoms with Gasteiger partial charge < -0.3 is 14.9 Å². The molecule has 0 heterocycles. The lowest BCUT2D eigenvalue weighted by molar-refractivity contribution is -0.204. The normalized spacial score (nSPS) is 46.0. The molecule has 2 N–H and O–H groups in total. The Bertz CT molecular complexity index is 716. The van der Waals surface area contributed by atoms with Crippen molar-refractivity contribution in [2.75, 3.05) is 6.61 Å². The van der Waals surface area contributed by atoms with Crippen molar-refractivity contribution in [3.63, 3.8) is 0 Å². The molecule has 5 heteroatoms. The smallest absolute Gasteiger partial charge is 0.306 e. The van der Waals surface area contributed by atoms with E-state index < -0.39 is 23.5 Å². The largest absolute Gasteiger partial charge is 0.481 e. The number of carboxylic acids is 1. The van der Waals surface area contributed by atoms with E-state index in [0.29, 0.717) is 23.2 Å². The first-order valence-corrected chi connectivity index (χ1v) is 11.3. The molecule has 4 aliphatic rings. The zero-order valence-corrected chi connectivity index (χ0v) is 17.9. The first-order valence-electron chi connectivity index (χ1n) is 11.3. The van der Waals surface area contributed by atoms with Gasteiger partial charge in [0.05, 0.1) is 25.6 Å². The maximum absolute atomic E-state index is 12.1. The van der Waals surface area contributed by atoms with Gasteiger partial charge in [-0.2, -0.15) is 0 Å². The number of aliphatic hydroxyl groups excluding tert-OH is 1. The average Bonchev–Trinajstić information content (AvgIpc) is 2.90. The molecule has 5 nitrogen and oxygen atoms in total. The number of rotatable bonds is 5. The number of ether oxygens (including phenoxy) is 1. The summed E-state index contributed by atoms with van der Waals surface area (Å²) in [6.07, 6.45) is 8.17. The van der Waals surface area contributed by atoms with Crippen LogP contribution in [-0.2, 0) is 14.3 Å². The minimum absolute atomic E-state index is 0.112. The molecule has 4 rings (SSSR count). The van der Waals surface area contributed by atoms with Crippen LogP contribution in [-0.4, -0.2) is 34.9 Å². The second-order valence-electron chi connectivity index (χ2n) is 10.9. The Hall–Kier alpha value is -1.36. The molecule has 4 aliphatic carbocycles. The lowest BCUT2D eigenvalue weighted by atomic mass is 9.40. The van der Waals surface area contributed by atoms with Crippen LogP contribution < -0.4 is 0 Å². The highest BCUT2D eigenvalue weighted by molar-refractivity contribution is 5.76. The van der Waals surface area contributed by atoms with Gasteiger partial charge >= 0.3 is 11.9 Å². The minimum Gasteiger partial charge on any atom is -0.481 e. The third kappa shape index (κ3) is 3.24. The summed E-state index contributed by atoms with van der Waals surface area (Å²) < 4.78 is 5.54. The number of allylic oxidation sites excluding steroid dienone is 1. The summed E-state index contributed by atoms with van der Waals surface area (Å²) in [6, 6.07) is 0. The van der Waals surface area contributed by atoms with Crippen molar-refractivity contribution < 1.29 is 24.5 Å². The molecule has 0 saturated heterocycles. The molecule has 1 spiro atoms. The summed E-state index contributed by atoms with van der Waals surface area (Å²) in [6.45, 7) is 9.09. The Labute approximate surface area is 173 Å². The average molecular weight is 405 g/mol. The maximum atomic E-state index is 12.1. The summed E-state index contributed by atoms with van der Waals surface area (Å²) in [5.74, 6) is 0.200. The van der Waals surface area contributed by atoms with Gasteiger partial charge in [-0.25, -0.2) is 0 Å². The van der Waals surface area contributed by atoms with Crippen LogP contribution in [0, 0.1) is 34.0 Å². The molecule has 4 saturated carbocycles. The summed E-state index contributed by atoms with van der Waals surface area (Å²) in [4.78, 5) is 22.8. The number of carbonyl (C=O) groups excluding carboxylic acids is 1. The Morgan fingerprint density at radius 1 is 1.10 bits per heavy atom. The molecule has 29 heavy (non-hydrogen) atoms. The van der Waals surface area contributed by atoms with Crippen LogP contribution in [0.3, 0.4) is 0 Å². The van der Waals surface area contributed by atoms with Crippen molar-refractivity contribution in [1.29, 1.82) is 0 Å². The van der Waals surface area contributed by atoms with Crippen molar-refractivity contribution in [2.24, 2.45) is 34.0 Å². The zero-order valence-electron chi connectivity index (χ0n) is 17.9. The number of aliphatic carboxylic acids is 1. The quantitative estimate of drug-likeness (QED) is 0.526. The first-order chi connectivity index (χ1) is 13.6. The van der Waals surface area contributed by atoms with Crippen LogP contribution in [0.4, 0.5) is 0 Å². The van der Waals surface area contributed by atoms with Gasteiger partial charge in [0.1, 0.15) is 0 Å². The number of carbonyl (C=O) groups is 2. The predicted molar refractivity (Wildman–Crippen MR) is 109 cm³/mol. The number of aliphatic hydroxyl groups is 1. The molecule has 0 aromatic carbocycles. The fourth-order valence-corrected chi connectivity index (χ4v) is 8.10. The third-order valence-corrected chi connectivity index (χ3v) is 9.48. The molecule has 2 bridgehead atoms. The van der Waals surface area contributed by atoms with E-state index >= 15 is 0 Å². The second kappa shape index (κ2) is 7.11. The Balaban J connectivity index is 1.54. The van der Waals surface area contributed by atoms with E-state index in [-0.39, 0.29) is 24.9 Å². The standard InChI is InChI=1S/C24H36O5/c1-15-12-24-11-8-17-22(2,18(24)5-4-16(15)13-24)10-9-19(25)23(17,3)14-29-21(28)7-6-20(26)27/h16-19,25H,1,4-14H2,2-3H3,(H,26,27)/t16-,17+,18+,19?,22-,23-,24-/m1/s1. The van der Waals surface area contributed by atoms with Crippen molar-refractivity contribution in [2.45, 2.75) is 84.2 Å². The van der Waals surface area contributed by atoms with Gasteiger partial charge in [0.2, 0.25) is 0 Å². The van der Waals surface area contributed by atoms with E-state index in [4.69, 9.17) is 9.84 Å². The SMILES string of the molecule is C=C1C[C@@]23CC[C@H]4[C@@](C)(CCC(O)[C@]4(C)COC(=O)CCC(=O)O)[C@@H]2CC[C@@H]1C3.